The van der Waals surface area contributed by atoms with Gasteiger partial charge in [-0.25, -0.2) is 15.0 Å². The molecule has 1 aliphatic carbocycles. The maximum Gasteiger partial charge on any atom is 0.227 e. The van der Waals surface area contributed by atoms with Crippen LogP contribution in [0.3, 0.4) is 0 Å². The highest BCUT2D eigenvalue weighted by molar-refractivity contribution is 5.74. The molecule has 0 aliphatic heterocycles. The van der Waals surface area contributed by atoms with E-state index in [2.05, 4.69) is 38.5 Å². The first-order chi connectivity index (χ1) is 14.3. The number of methoxy groups -OCH3 is 1. The number of hydrogen-bond acceptors (Lipinski definition) is 6. The molecule has 6 heteroatoms. The Balaban J connectivity index is 1.48. The number of allylic oxidation sites excluding steroid dienone is 3. The van der Waals surface area contributed by atoms with Gasteiger partial charge in [-0.3, -0.25) is 0 Å². The van der Waals surface area contributed by atoms with E-state index < -0.39 is 0 Å². The van der Waals surface area contributed by atoms with Gasteiger partial charge in [0.05, 0.1) is 19.5 Å². The number of pyridine rings is 1. The minimum Gasteiger partial charge on any atom is -0.496 e. The van der Waals surface area contributed by atoms with Crippen LogP contribution in [0.2, 0.25) is 0 Å². The molecule has 2 heterocycles. The molecule has 0 fully saturated rings. The fourth-order valence-corrected chi connectivity index (χ4v) is 3.11. The molecule has 0 amide bonds. The smallest absolute Gasteiger partial charge is 0.227 e. The number of anilines is 1. The van der Waals surface area contributed by atoms with Gasteiger partial charge >= 0.3 is 0 Å². The zero-order chi connectivity index (χ0) is 19.9. The quantitative estimate of drug-likeness (QED) is 0.614. The van der Waals surface area contributed by atoms with E-state index in [1.54, 1.807) is 25.7 Å². The Morgan fingerprint density at radius 1 is 1.00 bits per heavy atom. The van der Waals surface area contributed by atoms with Gasteiger partial charge < -0.3 is 14.8 Å². The van der Waals surface area contributed by atoms with Gasteiger partial charge in [0.15, 0.2) is 5.75 Å². The molecule has 0 saturated heterocycles. The minimum atomic E-state index is 0.473. The molecule has 1 aliphatic rings. The zero-order valence-electron chi connectivity index (χ0n) is 16.2. The van der Waals surface area contributed by atoms with Gasteiger partial charge in [0, 0.05) is 23.9 Å². The van der Waals surface area contributed by atoms with Crippen molar-refractivity contribution in [3.63, 3.8) is 0 Å². The Kier molecular flexibility index (Phi) is 5.81. The van der Waals surface area contributed by atoms with E-state index in [4.69, 9.17) is 9.47 Å². The largest absolute Gasteiger partial charge is 0.496 e. The van der Waals surface area contributed by atoms with Gasteiger partial charge in [-0.1, -0.05) is 42.0 Å². The molecular formula is C23H22N4O2. The summed E-state index contributed by atoms with van der Waals surface area (Å²) in [7, 11) is 1.65. The molecule has 0 unspecified atom stereocenters. The van der Waals surface area contributed by atoms with Gasteiger partial charge in [-0.05, 0) is 31.0 Å². The van der Waals surface area contributed by atoms with Gasteiger partial charge in [0.2, 0.25) is 11.8 Å². The third-order valence-electron chi connectivity index (χ3n) is 4.58. The summed E-state index contributed by atoms with van der Waals surface area (Å²) >= 11 is 0. The molecule has 146 valence electrons. The van der Waals surface area contributed by atoms with Crippen LogP contribution in [0.1, 0.15) is 12.8 Å². The number of nitrogens with zero attached hydrogens (tertiary/aromatic N) is 3. The molecule has 0 radical (unpaired) electrons. The van der Waals surface area contributed by atoms with Crippen molar-refractivity contribution in [1.29, 1.82) is 0 Å². The van der Waals surface area contributed by atoms with Crippen molar-refractivity contribution < 1.29 is 9.47 Å². The molecule has 0 bridgehead atoms. The second kappa shape index (κ2) is 9.01. The minimum absolute atomic E-state index is 0.473. The number of benzene rings is 1. The predicted octanol–water partition coefficient (Wildman–Crippen LogP) is 5.03. The van der Waals surface area contributed by atoms with E-state index in [0.717, 1.165) is 36.3 Å². The highest BCUT2D eigenvalue weighted by Gasteiger charge is 2.13. The number of hydrogen-bond donors (Lipinski definition) is 1. The van der Waals surface area contributed by atoms with E-state index in [0.29, 0.717) is 17.6 Å². The first-order valence-electron chi connectivity index (χ1n) is 9.50. The maximum absolute atomic E-state index is 5.97. The van der Waals surface area contributed by atoms with Crippen LogP contribution in [-0.2, 0) is 0 Å². The van der Waals surface area contributed by atoms with Crippen molar-refractivity contribution in [1.82, 2.24) is 15.0 Å². The molecule has 6 nitrogen and oxygen atoms in total. The lowest BCUT2D eigenvalue weighted by Crippen LogP contribution is -2.08. The van der Waals surface area contributed by atoms with E-state index in [1.165, 1.54) is 5.57 Å². The van der Waals surface area contributed by atoms with Crippen molar-refractivity contribution in [2.45, 2.75) is 12.8 Å². The van der Waals surface area contributed by atoms with E-state index >= 15 is 0 Å². The molecular weight excluding hydrogens is 364 g/mol. The van der Waals surface area contributed by atoms with Crippen molar-refractivity contribution in [3.8, 4) is 28.5 Å². The fourth-order valence-electron chi connectivity index (χ4n) is 3.11. The second-order valence-corrected chi connectivity index (χ2v) is 6.55. The highest BCUT2D eigenvalue weighted by Crippen LogP contribution is 2.36. The standard InChI is InChI=1S/C23H22N4O2/c1-28-21-12-6-5-10-19(21)20-11-7-13-24-22(20)29-18-15-26-23(27-16-18)25-14-17-8-3-2-4-9-17/h2-3,5-8,10-13,15-16H,4,9,14H2,1H3,(H,25,26,27). The van der Waals surface area contributed by atoms with Gasteiger partial charge in [-0.15, -0.1) is 0 Å². The summed E-state index contributed by atoms with van der Waals surface area (Å²) in [5, 5.41) is 3.25. The van der Waals surface area contributed by atoms with Crippen LogP contribution in [0.5, 0.6) is 17.4 Å². The van der Waals surface area contributed by atoms with Crippen molar-refractivity contribution in [3.05, 3.63) is 78.8 Å². The van der Waals surface area contributed by atoms with E-state index in [1.807, 2.05) is 36.4 Å². The Labute approximate surface area is 170 Å². The highest BCUT2D eigenvalue weighted by atomic mass is 16.5. The van der Waals surface area contributed by atoms with Crippen LogP contribution in [0.15, 0.2) is 78.8 Å². The Bertz CT molecular complexity index is 1030. The predicted molar refractivity (Wildman–Crippen MR) is 113 cm³/mol. The van der Waals surface area contributed by atoms with Crippen LogP contribution in [0, 0.1) is 0 Å². The third-order valence-corrected chi connectivity index (χ3v) is 4.58. The van der Waals surface area contributed by atoms with Crippen molar-refractivity contribution in [2.75, 3.05) is 19.0 Å². The number of ether oxygens (including phenoxy) is 2. The number of nitrogens with one attached hydrogen (secondary N) is 1. The van der Waals surface area contributed by atoms with Crippen LogP contribution < -0.4 is 14.8 Å². The summed E-state index contributed by atoms with van der Waals surface area (Å²) < 4.78 is 11.4. The molecule has 1 aromatic carbocycles. The average Bonchev–Trinajstić information content (AvgIpc) is 2.80. The van der Waals surface area contributed by atoms with E-state index in [9.17, 15) is 0 Å². The molecule has 0 saturated carbocycles. The Morgan fingerprint density at radius 3 is 2.62 bits per heavy atom. The summed E-state index contributed by atoms with van der Waals surface area (Å²) in [4.78, 5) is 13.1. The molecule has 1 N–H and O–H groups in total. The van der Waals surface area contributed by atoms with Crippen LogP contribution >= 0.6 is 0 Å². The van der Waals surface area contributed by atoms with Gasteiger partial charge in [0.25, 0.3) is 0 Å². The van der Waals surface area contributed by atoms with Gasteiger partial charge in [0.1, 0.15) is 5.75 Å². The Morgan fingerprint density at radius 2 is 1.83 bits per heavy atom. The normalized spacial score (nSPS) is 12.9. The van der Waals surface area contributed by atoms with Crippen molar-refractivity contribution >= 4 is 5.95 Å². The Hall–Kier alpha value is -3.67. The molecule has 3 aromatic rings. The molecule has 2 aromatic heterocycles. The first kappa shape index (κ1) is 18.7. The lowest BCUT2D eigenvalue weighted by molar-refractivity contribution is 0.415. The second-order valence-electron chi connectivity index (χ2n) is 6.55. The van der Waals surface area contributed by atoms with Crippen LogP contribution in [0.4, 0.5) is 5.95 Å². The summed E-state index contributed by atoms with van der Waals surface area (Å²) in [5.74, 6) is 2.32. The first-order valence-corrected chi connectivity index (χ1v) is 9.50. The topological polar surface area (TPSA) is 69.2 Å². The lowest BCUT2D eigenvalue weighted by Gasteiger charge is -2.13. The molecule has 29 heavy (non-hydrogen) atoms. The number of rotatable bonds is 7. The average molecular weight is 386 g/mol. The summed E-state index contributed by atoms with van der Waals surface area (Å²) in [6.07, 6.45) is 13.5. The third kappa shape index (κ3) is 4.60. The lowest BCUT2D eigenvalue weighted by atomic mass is 10.1. The number of para-hydroxylation sites is 1. The zero-order valence-corrected chi connectivity index (χ0v) is 16.2. The SMILES string of the molecule is COc1ccccc1-c1cccnc1Oc1cnc(NCC2=CC=CCC2)nc1. The van der Waals surface area contributed by atoms with E-state index in [-0.39, 0.29) is 0 Å². The molecule has 0 spiro atoms. The summed E-state index contributed by atoms with van der Waals surface area (Å²) in [6, 6.07) is 11.6. The van der Waals surface area contributed by atoms with Crippen LogP contribution in [-0.4, -0.2) is 28.6 Å². The molecule has 0 atom stereocenters. The molecule has 4 rings (SSSR count). The number of aromatic nitrogens is 3. The van der Waals surface area contributed by atoms with Crippen molar-refractivity contribution in [2.24, 2.45) is 0 Å². The monoisotopic (exact) mass is 386 g/mol. The summed E-state index contributed by atoms with van der Waals surface area (Å²) in [6.45, 7) is 0.739. The van der Waals surface area contributed by atoms with Gasteiger partial charge in [-0.2, -0.15) is 0 Å². The summed E-state index contributed by atoms with van der Waals surface area (Å²) in [5.41, 5.74) is 3.09. The maximum atomic E-state index is 5.97. The van der Waals surface area contributed by atoms with Crippen LogP contribution in [0.25, 0.3) is 11.1 Å². The fraction of sp³-hybridized carbons (Fsp3) is 0.174.